The molecule has 0 aromatic carbocycles. The monoisotopic (exact) mass is 326 g/mol. The lowest BCUT2D eigenvalue weighted by atomic mass is 9.99. The van der Waals surface area contributed by atoms with Crippen LogP contribution >= 0.6 is 0 Å². The van der Waals surface area contributed by atoms with Gasteiger partial charge in [-0.2, -0.15) is 0 Å². The predicted molar refractivity (Wildman–Crippen MR) is 67.2 cm³/mol. The van der Waals surface area contributed by atoms with E-state index in [0.717, 1.165) is 0 Å². The summed E-state index contributed by atoms with van der Waals surface area (Å²) in [6.45, 7) is 1.09. The van der Waals surface area contributed by atoms with Crippen LogP contribution in [0.15, 0.2) is 0 Å². The van der Waals surface area contributed by atoms with Crippen LogP contribution in [0.25, 0.3) is 0 Å². The Morgan fingerprint density at radius 2 is 1.32 bits per heavy atom. The Balaban J connectivity index is 1.92. The molecule has 0 bridgehead atoms. The second-order valence-electron chi connectivity index (χ2n) is 5.55. The summed E-state index contributed by atoms with van der Waals surface area (Å²) in [5.41, 5.74) is 0. The second-order valence-corrected chi connectivity index (χ2v) is 5.55. The summed E-state index contributed by atoms with van der Waals surface area (Å²) in [5.74, 6) is 0. The van der Waals surface area contributed by atoms with Crippen LogP contribution in [0.5, 0.6) is 0 Å². The van der Waals surface area contributed by atoms with Crippen molar-refractivity contribution < 1.29 is 50.0 Å². The highest BCUT2D eigenvalue weighted by Crippen LogP contribution is 2.24. The van der Waals surface area contributed by atoms with Crippen molar-refractivity contribution in [3.63, 3.8) is 0 Å². The first-order chi connectivity index (χ1) is 10.2. The quantitative estimate of drug-likeness (QED) is 0.269. The van der Waals surface area contributed by atoms with Gasteiger partial charge < -0.3 is 50.0 Å². The molecule has 2 aliphatic rings. The van der Waals surface area contributed by atoms with Gasteiger partial charge in [0.25, 0.3) is 0 Å². The van der Waals surface area contributed by atoms with Crippen LogP contribution in [0.4, 0.5) is 0 Å². The molecule has 0 aromatic rings. The van der Waals surface area contributed by atoms with E-state index in [0.29, 0.717) is 0 Å². The zero-order valence-electron chi connectivity index (χ0n) is 11.8. The molecule has 130 valence electrons. The van der Waals surface area contributed by atoms with Gasteiger partial charge in [0.15, 0.2) is 12.6 Å². The lowest BCUT2D eigenvalue weighted by Gasteiger charge is -2.41. The largest absolute Gasteiger partial charge is 0.388 e. The van der Waals surface area contributed by atoms with E-state index in [2.05, 4.69) is 0 Å². The van der Waals surface area contributed by atoms with E-state index >= 15 is 0 Å². The number of hydrogen-bond donors (Lipinski definition) is 7. The fourth-order valence-corrected chi connectivity index (χ4v) is 2.41. The van der Waals surface area contributed by atoms with Crippen LogP contribution in [0.1, 0.15) is 6.92 Å². The molecule has 0 saturated carbocycles. The molecule has 10 atom stereocenters. The van der Waals surface area contributed by atoms with Crippen LogP contribution in [0, 0.1) is 0 Å². The van der Waals surface area contributed by atoms with E-state index in [1.54, 1.807) is 0 Å². The smallest absolute Gasteiger partial charge is 0.186 e. The minimum Gasteiger partial charge on any atom is -0.388 e. The highest BCUT2D eigenvalue weighted by atomic mass is 16.7. The molecular weight excluding hydrogens is 304 g/mol. The van der Waals surface area contributed by atoms with E-state index in [-0.39, 0.29) is 6.61 Å². The lowest BCUT2D eigenvalue weighted by molar-refractivity contribution is -0.322. The Bertz CT molecular complexity index is 334. The maximum absolute atomic E-state index is 9.76. The summed E-state index contributed by atoms with van der Waals surface area (Å²) in [5, 5.41) is 67.0. The number of aliphatic hydroxyl groups is 7. The molecule has 22 heavy (non-hydrogen) atoms. The van der Waals surface area contributed by atoms with Crippen LogP contribution in [0.3, 0.4) is 0 Å². The van der Waals surface area contributed by atoms with Crippen molar-refractivity contribution >= 4 is 0 Å². The molecule has 10 nitrogen and oxygen atoms in total. The van der Waals surface area contributed by atoms with Gasteiger partial charge in [0.2, 0.25) is 0 Å². The van der Waals surface area contributed by atoms with E-state index in [9.17, 15) is 35.7 Å². The van der Waals surface area contributed by atoms with Crippen molar-refractivity contribution in [2.24, 2.45) is 0 Å². The molecule has 2 aliphatic heterocycles. The molecule has 0 aromatic heterocycles. The molecule has 10 heteroatoms. The average Bonchev–Trinajstić information content (AvgIpc) is 2.49. The van der Waals surface area contributed by atoms with E-state index < -0.39 is 61.4 Å². The van der Waals surface area contributed by atoms with Gasteiger partial charge in [0.1, 0.15) is 42.7 Å². The fourth-order valence-electron chi connectivity index (χ4n) is 2.41. The van der Waals surface area contributed by atoms with Gasteiger partial charge >= 0.3 is 0 Å². The fraction of sp³-hybridized carbons (Fsp3) is 1.00. The zero-order valence-corrected chi connectivity index (χ0v) is 11.8. The molecule has 0 spiro atoms. The molecule has 2 rings (SSSR count). The lowest BCUT2D eigenvalue weighted by Crippen LogP contribution is -2.60. The number of rotatable bonds is 3. The summed E-state index contributed by atoms with van der Waals surface area (Å²) >= 11 is 0. The van der Waals surface area contributed by atoms with Gasteiger partial charge in [-0.1, -0.05) is 0 Å². The summed E-state index contributed by atoms with van der Waals surface area (Å²) in [6, 6.07) is 0. The van der Waals surface area contributed by atoms with Gasteiger partial charge in [-0.25, -0.2) is 0 Å². The predicted octanol–water partition coefficient (Wildman–Crippen LogP) is -4.37. The number of aliphatic hydroxyl groups excluding tert-OH is 7. The third-order valence-corrected chi connectivity index (χ3v) is 3.92. The third kappa shape index (κ3) is 3.41. The summed E-state index contributed by atoms with van der Waals surface area (Å²) < 4.78 is 15.3. The van der Waals surface area contributed by atoms with Crippen molar-refractivity contribution in [3.8, 4) is 0 Å². The highest BCUT2D eigenvalue weighted by Gasteiger charge is 2.45. The minimum atomic E-state index is -1.70. The van der Waals surface area contributed by atoms with Gasteiger partial charge in [-0.15, -0.1) is 0 Å². The summed E-state index contributed by atoms with van der Waals surface area (Å²) in [7, 11) is 0. The second kappa shape index (κ2) is 7.01. The number of hydrogen-bond acceptors (Lipinski definition) is 10. The van der Waals surface area contributed by atoms with Gasteiger partial charge in [0.05, 0.1) is 12.7 Å². The molecule has 7 N–H and O–H groups in total. The van der Waals surface area contributed by atoms with Crippen molar-refractivity contribution in [2.75, 3.05) is 6.61 Å². The van der Waals surface area contributed by atoms with Gasteiger partial charge in [-0.3, -0.25) is 0 Å². The maximum Gasteiger partial charge on any atom is 0.186 e. The molecule has 0 amide bonds. The normalized spacial score (nSPS) is 53.5. The molecule has 0 aliphatic carbocycles. The highest BCUT2D eigenvalue weighted by molar-refractivity contribution is 4.90. The Kier molecular flexibility index (Phi) is 5.72. The minimum absolute atomic E-state index is 0.390. The van der Waals surface area contributed by atoms with Gasteiger partial charge in [-0.05, 0) is 6.92 Å². The van der Waals surface area contributed by atoms with Crippen LogP contribution in [-0.4, -0.2) is 104 Å². The zero-order chi connectivity index (χ0) is 16.6. The molecule has 2 fully saturated rings. The Hall–Kier alpha value is -0.400. The molecular formula is C12H22O10. The SMILES string of the molecule is C[C@@H]1O[C@H](OC[C@H]2OC(O)[C@H](O)[C@@H](O)[C@H]2O)[C@H](O)[C@H](O)[C@H]1O. The first-order valence-electron chi connectivity index (χ1n) is 6.93. The van der Waals surface area contributed by atoms with Crippen LogP contribution < -0.4 is 0 Å². The molecule has 1 unspecified atom stereocenters. The maximum atomic E-state index is 9.76. The summed E-state index contributed by atoms with van der Waals surface area (Å²) in [6.07, 6.45) is -14.0. The van der Waals surface area contributed by atoms with Crippen molar-refractivity contribution in [1.82, 2.24) is 0 Å². The number of ether oxygens (including phenoxy) is 3. The van der Waals surface area contributed by atoms with Crippen molar-refractivity contribution in [3.05, 3.63) is 0 Å². The standard InChI is InChI=1S/C12H22O10/c1-3-5(13)7(15)10(18)12(21-3)20-2-4-6(14)8(16)9(17)11(19)22-4/h3-19H,2H2,1H3/t3-,4+,5-,6-,7+,8-,9+,10+,11?,12-/m0/s1. The molecule has 0 radical (unpaired) electrons. The summed E-state index contributed by atoms with van der Waals surface area (Å²) in [4.78, 5) is 0. The first kappa shape index (κ1) is 17.9. The van der Waals surface area contributed by atoms with Crippen molar-refractivity contribution in [1.29, 1.82) is 0 Å². The third-order valence-electron chi connectivity index (χ3n) is 3.92. The van der Waals surface area contributed by atoms with E-state index in [4.69, 9.17) is 14.2 Å². The van der Waals surface area contributed by atoms with Crippen molar-refractivity contribution in [2.45, 2.75) is 68.3 Å². The Morgan fingerprint density at radius 1 is 0.727 bits per heavy atom. The van der Waals surface area contributed by atoms with Crippen LogP contribution in [0.2, 0.25) is 0 Å². The van der Waals surface area contributed by atoms with Gasteiger partial charge in [0, 0.05) is 0 Å². The Morgan fingerprint density at radius 3 is 1.95 bits per heavy atom. The average molecular weight is 326 g/mol. The topological polar surface area (TPSA) is 169 Å². The van der Waals surface area contributed by atoms with E-state index in [1.807, 2.05) is 0 Å². The Labute approximate surface area is 126 Å². The molecule has 2 saturated heterocycles. The molecule has 2 heterocycles. The van der Waals surface area contributed by atoms with E-state index in [1.165, 1.54) is 6.92 Å². The van der Waals surface area contributed by atoms with Crippen LogP contribution in [-0.2, 0) is 14.2 Å². The first-order valence-corrected chi connectivity index (χ1v) is 6.93.